The average molecular weight is 175 g/mol. The molecule has 0 bridgehead atoms. The monoisotopic (exact) mass is 175 g/mol. The Morgan fingerprint density at radius 1 is 1.58 bits per heavy atom. The number of hydrazine groups is 1. The zero-order valence-electron chi connectivity index (χ0n) is 6.86. The lowest BCUT2D eigenvalue weighted by Gasteiger charge is -2.10. The molecule has 0 aliphatic heterocycles. The van der Waals surface area contributed by atoms with Crippen molar-refractivity contribution in [3.05, 3.63) is 0 Å². The Hall–Kier alpha value is -1.50. The van der Waals surface area contributed by atoms with Crippen LogP contribution in [0.5, 0.6) is 0 Å². The van der Waals surface area contributed by atoms with E-state index in [1.165, 1.54) is 0 Å². The number of hydrogen-bond acceptors (Lipinski definition) is 5. The predicted molar refractivity (Wildman–Crippen MR) is 43.3 cm³/mol. The van der Waals surface area contributed by atoms with Crippen molar-refractivity contribution < 1.29 is 9.53 Å². The van der Waals surface area contributed by atoms with Gasteiger partial charge in [0.05, 0.1) is 6.61 Å². The number of esters is 1. The van der Waals surface area contributed by atoms with Crippen molar-refractivity contribution >= 4 is 11.9 Å². The third kappa shape index (κ3) is 5.30. The summed E-state index contributed by atoms with van der Waals surface area (Å²) in [6.45, 7) is 1.82. The number of carbonyl (C=O) groups excluding carboxylic acids is 1. The van der Waals surface area contributed by atoms with Crippen molar-refractivity contribution in [3.8, 4) is 0 Å². The molecule has 6 N–H and O–H groups in total. The van der Waals surface area contributed by atoms with Crippen molar-refractivity contribution in [2.45, 2.75) is 6.92 Å². The molecule has 7 nitrogen and oxygen atoms in total. The van der Waals surface area contributed by atoms with Gasteiger partial charge in [-0.3, -0.25) is 0 Å². The molecule has 0 amide bonds. The second-order valence-electron chi connectivity index (χ2n) is 1.93. The van der Waals surface area contributed by atoms with Gasteiger partial charge in [0.2, 0.25) is 5.96 Å². The maximum absolute atomic E-state index is 10.7. The van der Waals surface area contributed by atoms with Crippen LogP contribution in [0.25, 0.3) is 0 Å². The molecule has 0 fully saturated rings. The second kappa shape index (κ2) is 5.19. The normalized spacial score (nSPS) is 8.83. The molecule has 0 aromatic rings. The fourth-order valence-electron chi connectivity index (χ4n) is 0.523. The molecular weight excluding hydrogens is 162 g/mol. The predicted octanol–water partition coefficient (Wildman–Crippen LogP) is -2.09. The van der Waals surface area contributed by atoms with Crippen LogP contribution in [0.3, 0.4) is 0 Å². The van der Waals surface area contributed by atoms with Gasteiger partial charge in [-0.1, -0.05) is 0 Å². The SMILES string of the molecule is CCOC(=O)CN(N)N=C(N)N. The molecule has 0 unspecified atom stereocenters. The number of nitrogens with zero attached hydrogens (tertiary/aromatic N) is 2. The molecule has 70 valence electrons. The minimum Gasteiger partial charge on any atom is -0.465 e. The van der Waals surface area contributed by atoms with E-state index in [1.54, 1.807) is 6.92 Å². The fraction of sp³-hybridized carbons (Fsp3) is 0.600. The molecule has 0 aromatic carbocycles. The summed E-state index contributed by atoms with van der Waals surface area (Å²) in [5.41, 5.74) is 9.99. The van der Waals surface area contributed by atoms with E-state index in [1.807, 2.05) is 0 Å². The van der Waals surface area contributed by atoms with Crippen LogP contribution in [0, 0.1) is 0 Å². The van der Waals surface area contributed by atoms with E-state index in [4.69, 9.17) is 17.3 Å². The Morgan fingerprint density at radius 2 is 2.17 bits per heavy atom. The van der Waals surface area contributed by atoms with Gasteiger partial charge in [0.1, 0.15) is 0 Å². The molecule has 0 rings (SSSR count). The Labute approximate surface area is 70.1 Å². The molecular formula is C5H13N5O2. The van der Waals surface area contributed by atoms with Crippen LogP contribution in [0.2, 0.25) is 0 Å². The first kappa shape index (κ1) is 10.5. The third-order valence-electron chi connectivity index (χ3n) is 0.840. The van der Waals surface area contributed by atoms with Crippen molar-refractivity contribution in [1.29, 1.82) is 0 Å². The zero-order valence-corrected chi connectivity index (χ0v) is 6.86. The lowest BCUT2D eigenvalue weighted by atomic mass is 10.6. The molecule has 0 saturated carbocycles. The summed E-state index contributed by atoms with van der Waals surface area (Å²) in [7, 11) is 0. The van der Waals surface area contributed by atoms with Crippen molar-refractivity contribution in [3.63, 3.8) is 0 Å². The average Bonchev–Trinajstić information content (AvgIpc) is 1.84. The topological polar surface area (TPSA) is 120 Å². The van der Waals surface area contributed by atoms with Gasteiger partial charge in [-0.2, -0.15) is 0 Å². The van der Waals surface area contributed by atoms with E-state index in [2.05, 4.69) is 9.84 Å². The van der Waals surface area contributed by atoms with E-state index in [0.29, 0.717) is 6.61 Å². The lowest BCUT2D eigenvalue weighted by molar-refractivity contribution is -0.144. The van der Waals surface area contributed by atoms with Gasteiger partial charge in [0, 0.05) is 0 Å². The number of ether oxygens (including phenoxy) is 1. The first-order chi connectivity index (χ1) is 5.56. The molecule has 0 atom stereocenters. The maximum Gasteiger partial charge on any atom is 0.329 e. The highest BCUT2D eigenvalue weighted by atomic mass is 16.5. The van der Waals surface area contributed by atoms with Crippen molar-refractivity contribution in [2.24, 2.45) is 22.4 Å². The molecule has 7 heteroatoms. The first-order valence-corrected chi connectivity index (χ1v) is 3.33. The highest BCUT2D eigenvalue weighted by Crippen LogP contribution is 1.82. The Morgan fingerprint density at radius 3 is 2.58 bits per heavy atom. The third-order valence-corrected chi connectivity index (χ3v) is 0.840. The van der Waals surface area contributed by atoms with Crippen LogP contribution in [-0.2, 0) is 9.53 Å². The van der Waals surface area contributed by atoms with E-state index < -0.39 is 5.97 Å². The summed E-state index contributed by atoms with van der Waals surface area (Å²) in [5, 5.41) is 4.19. The van der Waals surface area contributed by atoms with Gasteiger partial charge in [-0.05, 0) is 6.92 Å². The number of hydrazone groups is 1. The van der Waals surface area contributed by atoms with Crippen LogP contribution in [0.4, 0.5) is 0 Å². The minimum absolute atomic E-state index is 0.175. The van der Waals surface area contributed by atoms with Gasteiger partial charge >= 0.3 is 5.97 Å². The number of nitrogens with two attached hydrogens (primary N) is 3. The maximum atomic E-state index is 10.7. The summed E-state index contributed by atoms with van der Waals surface area (Å²) < 4.78 is 4.58. The Kier molecular flexibility index (Phi) is 4.54. The van der Waals surface area contributed by atoms with Gasteiger partial charge in [0.25, 0.3) is 0 Å². The van der Waals surface area contributed by atoms with Crippen molar-refractivity contribution in [1.82, 2.24) is 5.12 Å². The van der Waals surface area contributed by atoms with Crippen molar-refractivity contribution in [2.75, 3.05) is 13.2 Å². The summed E-state index contributed by atoms with van der Waals surface area (Å²) in [6, 6.07) is 0. The summed E-state index contributed by atoms with van der Waals surface area (Å²) in [5.74, 6) is 4.50. The highest BCUT2D eigenvalue weighted by molar-refractivity contribution is 5.76. The smallest absolute Gasteiger partial charge is 0.329 e. The molecule has 12 heavy (non-hydrogen) atoms. The molecule has 0 aliphatic carbocycles. The summed E-state index contributed by atoms with van der Waals surface area (Å²) in [6.07, 6.45) is 0. The molecule has 0 radical (unpaired) electrons. The number of rotatable bonds is 4. The van der Waals surface area contributed by atoms with E-state index >= 15 is 0 Å². The number of carbonyl (C=O) groups is 1. The number of guanidine groups is 1. The van der Waals surface area contributed by atoms with E-state index in [9.17, 15) is 4.79 Å². The van der Waals surface area contributed by atoms with Crippen LogP contribution in [-0.4, -0.2) is 30.2 Å². The Bertz CT molecular complexity index is 177. The Balaban J connectivity index is 3.76. The first-order valence-electron chi connectivity index (χ1n) is 3.33. The molecule has 0 aliphatic rings. The zero-order chi connectivity index (χ0) is 9.56. The highest BCUT2D eigenvalue weighted by Gasteiger charge is 2.04. The van der Waals surface area contributed by atoms with E-state index in [0.717, 1.165) is 5.12 Å². The van der Waals surface area contributed by atoms with E-state index in [-0.39, 0.29) is 12.5 Å². The molecule has 0 saturated heterocycles. The molecule has 0 aromatic heterocycles. The molecule has 0 spiro atoms. The standard InChI is InChI=1S/C5H13N5O2/c1-2-12-4(11)3-10(8)9-5(6)7/h2-3,8H2,1H3,(H4,6,7,9). The number of hydrogen-bond donors (Lipinski definition) is 3. The van der Waals surface area contributed by atoms with Crippen LogP contribution >= 0.6 is 0 Å². The summed E-state index contributed by atoms with van der Waals surface area (Å²) in [4.78, 5) is 10.7. The quantitative estimate of drug-likeness (QED) is 0.148. The van der Waals surface area contributed by atoms with Gasteiger partial charge in [0.15, 0.2) is 6.54 Å². The second-order valence-corrected chi connectivity index (χ2v) is 1.93. The van der Waals surface area contributed by atoms with Crippen LogP contribution in [0.15, 0.2) is 5.10 Å². The van der Waals surface area contributed by atoms with Gasteiger partial charge in [-0.15, -0.1) is 5.10 Å². The van der Waals surface area contributed by atoms with Gasteiger partial charge < -0.3 is 16.2 Å². The largest absolute Gasteiger partial charge is 0.465 e. The minimum atomic E-state index is -0.481. The van der Waals surface area contributed by atoms with Crippen LogP contribution in [0.1, 0.15) is 6.92 Å². The van der Waals surface area contributed by atoms with Crippen LogP contribution < -0.4 is 17.3 Å². The summed E-state index contributed by atoms with van der Waals surface area (Å²) >= 11 is 0. The lowest BCUT2D eigenvalue weighted by Crippen LogP contribution is -2.36. The fourth-order valence-corrected chi connectivity index (χ4v) is 0.523. The van der Waals surface area contributed by atoms with Gasteiger partial charge in [-0.25, -0.2) is 15.8 Å². The molecule has 0 heterocycles.